The van der Waals surface area contributed by atoms with Gasteiger partial charge in [-0.05, 0) is 62.3 Å². The van der Waals surface area contributed by atoms with Crippen LogP contribution in [0.5, 0.6) is 11.5 Å². The molecule has 6 nitrogen and oxygen atoms in total. The SMILES string of the molecule is COc1cc2c(Nc3ccc(C)c(Cl)c3F)ncnc2cc1OCC1C[C@@H]2CN(C)C[C@@H]2C1. The highest BCUT2D eigenvalue weighted by molar-refractivity contribution is 6.31. The molecular weight excluding hydrogens is 443 g/mol. The Morgan fingerprint density at radius 2 is 1.91 bits per heavy atom. The van der Waals surface area contributed by atoms with Gasteiger partial charge in [0.15, 0.2) is 17.3 Å². The molecule has 2 heterocycles. The van der Waals surface area contributed by atoms with Crippen LogP contribution in [0.25, 0.3) is 10.9 Å². The van der Waals surface area contributed by atoms with E-state index in [-0.39, 0.29) is 10.7 Å². The minimum atomic E-state index is -0.511. The van der Waals surface area contributed by atoms with Gasteiger partial charge in [-0.15, -0.1) is 0 Å². The molecule has 0 amide bonds. The third-order valence-corrected chi connectivity index (χ3v) is 7.42. The molecule has 1 N–H and O–H groups in total. The molecule has 3 aromatic rings. The molecule has 33 heavy (non-hydrogen) atoms. The lowest BCUT2D eigenvalue weighted by Crippen LogP contribution is -2.18. The molecule has 5 rings (SSSR count). The first kappa shape index (κ1) is 22.2. The van der Waals surface area contributed by atoms with Gasteiger partial charge in [0.05, 0.1) is 29.9 Å². The molecule has 0 spiro atoms. The van der Waals surface area contributed by atoms with E-state index in [0.717, 1.165) is 11.8 Å². The first-order valence-corrected chi connectivity index (χ1v) is 11.7. The van der Waals surface area contributed by atoms with Crippen LogP contribution in [-0.2, 0) is 0 Å². The van der Waals surface area contributed by atoms with E-state index in [2.05, 4.69) is 27.2 Å². The lowest BCUT2D eigenvalue weighted by Gasteiger charge is -2.17. The summed E-state index contributed by atoms with van der Waals surface area (Å²) in [7, 11) is 3.82. The number of benzene rings is 2. The minimum Gasteiger partial charge on any atom is -0.493 e. The maximum atomic E-state index is 14.6. The van der Waals surface area contributed by atoms with E-state index in [1.807, 2.05) is 12.1 Å². The number of nitrogens with zero attached hydrogens (tertiary/aromatic N) is 3. The molecule has 3 atom stereocenters. The Morgan fingerprint density at radius 3 is 2.64 bits per heavy atom. The van der Waals surface area contributed by atoms with E-state index in [0.29, 0.717) is 46.3 Å². The fraction of sp³-hybridized carbons (Fsp3) is 0.440. The molecule has 1 aromatic heterocycles. The van der Waals surface area contributed by atoms with Crippen molar-refractivity contribution < 1.29 is 13.9 Å². The van der Waals surface area contributed by atoms with Gasteiger partial charge in [-0.3, -0.25) is 0 Å². The second-order valence-electron chi connectivity index (χ2n) is 9.32. The molecule has 8 heteroatoms. The molecular formula is C25H28ClFN4O2. The highest BCUT2D eigenvalue weighted by Crippen LogP contribution is 2.42. The number of halogens is 2. The molecule has 0 radical (unpaired) electrons. The molecule has 2 fully saturated rings. The van der Waals surface area contributed by atoms with Gasteiger partial charge < -0.3 is 19.7 Å². The summed E-state index contributed by atoms with van der Waals surface area (Å²) >= 11 is 6.08. The molecule has 174 valence electrons. The van der Waals surface area contributed by atoms with E-state index >= 15 is 0 Å². The average molecular weight is 471 g/mol. The topological polar surface area (TPSA) is 59.5 Å². The van der Waals surface area contributed by atoms with Crippen molar-refractivity contribution in [1.82, 2.24) is 14.9 Å². The Kier molecular flexibility index (Phi) is 6.01. The molecule has 1 saturated carbocycles. The van der Waals surface area contributed by atoms with Crippen LogP contribution in [0.1, 0.15) is 18.4 Å². The number of likely N-dealkylation sites (tertiary alicyclic amines) is 1. The lowest BCUT2D eigenvalue weighted by atomic mass is 10.0. The van der Waals surface area contributed by atoms with Crippen molar-refractivity contribution in [3.63, 3.8) is 0 Å². The largest absolute Gasteiger partial charge is 0.493 e. The van der Waals surface area contributed by atoms with Crippen LogP contribution in [0.15, 0.2) is 30.6 Å². The summed E-state index contributed by atoms with van der Waals surface area (Å²) in [6.07, 6.45) is 3.88. The van der Waals surface area contributed by atoms with Gasteiger partial charge in [-0.2, -0.15) is 0 Å². The number of hydrogen-bond acceptors (Lipinski definition) is 6. The Labute approximate surface area is 198 Å². The van der Waals surface area contributed by atoms with Gasteiger partial charge in [0.1, 0.15) is 12.1 Å². The van der Waals surface area contributed by atoms with E-state index in [1.165, 1.54) is 32.3 Å². The van der Waals surface area contributed by atoms with Crippen molar-refractivity contribution in [3.8, 4) is 11.5 Å². The van der Waals surface area contributed by atoms with Crippen LogP contribution in [-0.4, -0.2) is 48.7 Å². The zero-order valence-corrected chi connectivity index (χ0v) is 19.8. The number of methoxy groups -OCH3 is 1. The second kappa shape index (κ2) is 8.95. The van der Waals surface area contributed by atoms with E-state index in [1.54, 1.807) is 26.2 Å². The number of rotatable bonds is 6. The van der Waals surface area contributed by atoms with Gasteiger partial charge in [0.2, 0.25) is 0 Å². The molecule has 1 saturated heterocycles. The maximum absolute atomic E-state index is 14.6. The van der Waals surface area contributed by atoms with Crippen molar-refractivity contribution in [2.24, 2.45) is 17.8 Å². The number of nitrogens with one attached hydrogen (secondary N) is 1. The van der Waals surface area contributed by atoms with Gasteiger partial charge in [-0.1, -0.05) is 17.7 Å². The van der Waals surface area contributed by atoms with Crippen molar-refractivity contribution in [2.45, 2.75) is 19.8 Å². The zero-order valence-electron chi connectivity index (χ0n) is 19.1. The predicted molar refractivity (Wildman–Crippen MR) is 128 cm³/mol. The first-order chi connectivity index (χ1) is 15.9. The lowest BCUT2D eigenvalue weighted by molar-refractivity contribution is 0.227. The summed E-state index contributed by atoms with van der Waals surface area (Å²) in [5, 5.41) is 3.84. The molecule has 2 aliphatic rings. The quantitative estimate of drug-likeness (QED) is 0.517. The summed E-state index contributed by atoms with van der Waals surface area (Å²) in [6, 6.07) is 7.11. The minimum absolute atomic E-state index is 0.0920. The van der Waals surface area contributed by atoms with Crippen LogP contribution in [0.2, 0.25) is 5.02 Å². The van der Waals surface area contributed by atoms with Gasteiger partial charge in [-0.25, -0.2) is 14.4 Å². The summed E-state index contributed by atoms with van der Waals surface area (Å²) in [5.74, 6) is 3.36. The first-order valence-electron chi connectivity index (χ1n) is 11.3. The van der Waals surface area contributed by atoms with E-state index in [9.17, 15) is 4.39 Å². The Balaban J connectivity index is 1.37. The third-order valence-electron chi connectivity index (χ3n) is 6.95. The molecule has 2 aromatic carbocycles. The average Bonchev–Trinajstić information content (AvgIpc) is 3.34. The number of fused-ring (bicyclic) bond motifs is 2. The van der Waals surface area contributed by atoms with Crippen molar-refractivity contribution in [2.75, 3.05) is 39.2 Å². The summed E-state index contributed by atoms with van der Waals surface area (Å²) in [6.45, 7) is 4.82. The maximum Gasteiger partial charge on any atom is 0.165 e. The Bertz CT molecular complexity index is 1180. The monoisotopic (exact) mass is 470 g/mol. The van der Waals surface area contributed by atoms with E-state index < -0.39 is 5.82 Å². The Morgan fingerprint density at radius 1 is 1.15 bits per heavy atom. The molecule has 1 aliphatic heterocycles. The van der Waals surface area contributed by atoms with Crippen LogP contribution in [0.4, 0.5) is 15.9 Å². The number of anilines is 2. The molecule has 0 bridgehead atoms. The van der Waals surface area contributed by atoms with E-state index in [4.69, 9.17) is 21.1 Å². The van der Waals surface area contributed by atoms with Crippen LogP contribution in [0.3, 0.4) is 0 Å². The van der Waals surface area contributed by atoms with Gasteiger partial charge >= 0.3 is 0 Å². The summed E-state index contributed by atoms with van der Waals surface area (Å²) in [4.78, 5) is 11.1. The summed E-state index contributed by atoms with van der Waals surface area (Å²) < 4.78 is 26.5. The van der Waals surface area contributed by atoms with Crippen LogP contribution < -0.4 is 14.8 Å². The van der Waals surface area contributed by atoms with Crippen LogP contribution in [0, 0.1) is 30.5 Å². The van der Waals surface area contributed by atoms with Crippen molar-refractivity contribution >= 4 is 34.0 Å². The fourth-order valence-electron chi connectivity index (χ4n) is 5.31. The van der Waals surface area contributed by atoms with Crippen molar-refractivity contribution in [3.05, 3.63) is 47.0 Å². The normalized spacial score (nSPS) is 22.5. The fourth-order valence-corrected chi connectivity index (χ4v) is 5.47. The highest BCUT2D eigenvalue weighted by atomic mass is 35.5. The highest BCUT2D eigenvalue weighted by Gasteiger charge is 2.39. The smallest absolute Gasteiger partial charge is 0.165 e. The number of aromatic nitrogens is 2. The van der Waals surface area contributed by atoms with Crippen molar-refractivity contribution in [1.29, 1.82) is 0 Å². The number of ether oxygens (including phenoxy) is 2. The standard InChI is InChI=1S/C25H28ClFN4O2/c1-14-4-5-19(24(27)23(14)26)30-25-18-8-21(32-3)22(9-20(18)28-13-29-25)33-12-15-6-16-10-31(2)11-17(16)7-15/h4-5,8-9,13,15-17H,6-7,10-12H2,1-3H3,(H,28,29,30)/t15?,16-,17+. The number of aryl methyl sites for hydroxylation is 1. The van der Waals surface area contributed by atoms with Crippen LogP contribution >= 0.6 is 11.6 Å². The second-order valence-corrected chi connectivity index (χ2v) is 9.69. The third kappa shape index (κ3) is 4.32. The predicted octanol–water partition coefficient (Wildman–Crippen LogP) is 5.45. The van der Waals surface area contributed by atoms with Gasteiger partial charge in [0, 0.05) is 24.5 Å². The molecule has 1 aliphatic carbocycles. The number of hydrogen-bond donors (Lipinski definition) is 1. The summed E-state index contributed by atoms with van der Waals surface area (Å²) in [5.41, 5.74) is 1.61. The molecule has 1 unspecified atom stereocenters. The van der Waals surface area contributed by atoms with Gasteiger partial charge in [0.25, 0.3) is 0 Å². The zero-order chi connectivity index (χ0) is 23.1. The Hall–Kier alpha value is -2.64.